The van der Waals surface area contributed by atoms with Crippen molar-refractivity contribution in [2.75, 3.05) is 0 Å². The highest BCUT2D eigenvalue weighted by Crippen LogP contribution is 2.33. The van der Waals surface area contributed by atoms with Crippen LogP contribution >= 0.6 is 0 Å². The third-order valence-electron chi connectivity index (χ3n) is 5.49. The number of hydrogen-bond acceptors (Lipinski definition) is 3. The van der Waals surface area contributed by atoms with Gasteiger partial charge in [-0.15, -0.1) is 0 Å². The summed E-state index contributed by atoms with van der Waals surface area (Å²) in [6.07, 6.45) is 10.4. The van der Waals surface area contributed by atoms with E-state index in [0.717, 1.165) is 44.6 Å². The molecule has 1 aromatic rings. The summed E-state index contributed by atoms with van der Waals surface area (Å²) in [5.74, 6) is -2.82. The molecule has 0 heterocycles. The second-order valence-electron chi connectivity index (χ2n) is 9.20. The zero-order valence-electron chi connectivity index (χ0n) is 20.3. The Bertz CT molecular complexity index is 594. The molecule has 0 fully saturated rings. The van der Waals surface area contributed by atoms with Crippen molar-refractivity contribution in [2.24, 2.45) is 5.92 Å². The molecule has 3 nitrogen and oxygen atoms in total. The van der Waals surface area contributed by atoms with Gasteiger partial charge in [-0.05, 0) is 65.0 Å². The topological polar surface area (TPSA) is 38.7 Å². The fourth-order valence-corrected chi connectivity index (χ4v) is 4.01. The van der Waals surface area contributed by atoms with E-state index in [1.54, 1.807) is 0 Å². The van der Waals surface area contributed by atoms with Gasteiger partial charge in [0.1, 0.15) is 11.6 Å². The Labute approximate surface area is 188 Å². The van der Waals surface area contributed by atoms with Crippen LogP contribution in [0.15, 0.2) is 18.2 Å². The number of halogens is 2. The van der Waals surface area contributed by atoms with Gasteiger partial charge in [-0.2, -0.15) is 0 Å². The Morgan fingerprint density at radius 1 is 0.839 bits per heavy atom. The van der Waals surface area contributed by atoms with E-state index >= 15 is 0 Å². The molecule has 1 unspecified atom stereocenters. The zero-order chi connectivity index (χ0) is 23.3. The van der Waals surface area contributed by atoms with Gasteiger partial charge in [-0.25, -0.2) is 8.78 Å². The lowest BCUT2D eigenvalue weighted by molar-refractivity contribution is -0.407. The zero-order valence-corrected chi connectivity index (χ0v) is 20.3. The molecule has 31 heavy (non-hydrogen) atoms. The van der Waals surface area contributed by atoms with E-state index in [2.05, 4.69) is 6.92 Å². The Morgan fingerprint density at radius 2 is 1.39 bits per heavy atom. The standard InChI is InChI=1S/C26H44F2O3/c1-6-7-8-9-10-11-15-23(26(29,30-20(2)3)31-21(4)5)16-13-12-14-22-17-18-24(27)19-25(22)28/h17-21,23,29H,6-16H2,1-5H3. The fraction of sp³-hybridized carbons (Fsp3) is 0.769. The lowest BCUT2D eigenvalue weighted by Gasteiger charge is -2.38. The summed E-state index contributed by atoms with van der Waals surface area (Å²) in [6.45, 7) is 9.80. The van der Waals surface area contributed by atoms with Gasteiger partial charge < -0.3 is 14.6 Å². The Morgan fingerprint density at radius 3 is 1.94 bits per heavy atom. The molecule has 0 amide bonds. The molecule has 5 heteroatoms. The molecule has 0 aliphatic heterocycles. The number of aliphatic hydroxyl groups is 1. The third kappa shape index (κ3) is 11.4. The summed E-state index contributed by atoms with van der Waals surface area (Å²) in [5, 5.41) is 11.3. The van der Waals surface area contributed by atoms with E-state index in [0.29, 0.717) is 12.0 Å². The summed E-state index contributed by atoms with van der Waals surface area (Å²) in [7, 11) is 0. The number of ether oxygens (including phenoxy) is 2. The van der Waals surface area contributed by atoms with Crippen molar-refractivity contribution in [2.45, 2.75) is 123 Å². The maximum absolute atomic E-state index is 13.9. The largest absolute Gasteiger partial charge is 0.343 e. The predicted molar refractivity (Wildman–Crippen MR) is 123 cm³/mol. The van der Waals surface area contributed by atoms with Crippen LogP contribution in [0, 0.1) is 17.6 Å². The Hall–Kier alpha value is -1.04. The van der Waals surface area contributed by atoms with Crippen LogP contribution in [0.5, 0.6) is 0 Å². The van der Waals surface area contributed by atoms with Crippen molar-refractivity contribution in [1.29, 1.82) is 0 Å². The molecular weight excluding hydrogens is 398 g/mol. The van der Waals surface area contributed by atoms with Crippen molar-refractivity contribution in [1.82, 2.24) is 0 Å². The van der Waals surface area contributed by atoms with Gasteiger partial charge in [-0.3, -0.25) is 0 Å². The molecule has 0 saturated carbocycles. The van der Waals surface area contributed by atoms with E-state index < -0.39 is 17.6 Å². The van der Waals surface area contributed by atoms with Crippen molar-refractivity contribution in [3.63, 3.8) is 0 Å². The number of unbranched alkanes of at least 4 members (excludes halogenated alkanes) is 6. The van der Waals surface area contributed by atoms with Gasteiger partial charge in [0.25, 0.3) is 5.97 Å². The summed E-state index contributed by atoms with van der Waals surface area (Å²) < 4.78 is 38.8. The van der Waals surface area contributed by atoms with E-state index in [1.165, 1.54) is 37.8 Å². The van der Waals surface area contributed by atoms with E-state index in [1.807, 2.05) is 27.7 Å². The molecule has 180 valence electrons. The molecule has 0 aliphatic carbocycles. The van der Waals surface area contributed by atoms with Crippen LogP contribution in [-0.4, -0.2) is 23.3 Å². The molecule has 1 atom stereocenters. The van der Waals surface area contributed by atoms with Gasteiger partial charge in [0.05, 0.1) is 12.2 Å². The van der Waals surface area contributed by atoms with Gasteiger partial charge in [0.15, 0.2) is 0 Å². The number of aryl methyl sites for hydroxylation is 1. The van der Waals surface area contributed by atoms with Crippen LogP contribution in [0.1, 0.15) is 104 Å². The predicted octanol–water partition coefficient (Wildman–Crippen LogP) is 7.54. The average Bonchev–Trinajstić information content (AvgIpc) is 2.66. The summed E-state index contributed by atoms with van der Waals surface area (Å²) in [6, 6.07) is 3.74. The number of benzene rings is 1. The van der Waals surface area contributed by atoms with Crippen molar-refractivity contribution >= 4 is 0 Å². The van der Waals surface area contributed by atoms with Crippen LogP contribution in [0.3, 0.4) is 0 Å². The molecule has 0 bridgehead atoms. The first-order chi connectivity index (χ1) is 14.7. The van der Waals surface area contributed by atoms with E-state index in [9.17, 15) is 13.9 Å². The smallest absolute Gasteiger partial charge is 0.283 e. The maximum Gasteiger partial charge on any atom is 0.283 e. The minimum Gasteiger partial charge on any atom is -0.343 e. The lowest BCUT2D eigenvalue weighted by atomic mass is 9.91. The highest BCUT2D eigenvalue weighted by atomic mass is 19.1. The number of hydrogen-bond donors (Lipinski definition) is 1. The first-order valence-corrected chi connectivity index (χ1v) is 12.2. The summed E-state index contributed by atoms with van der Waals surface area (Å²) >= 11 is 0. The molecular formula is C26H44F2O3. The molecule has 1 N–H and O–H groups in total. The first-order valence-electron chi connectivity index (χ1n) is 12.2. The SMILES string of the molecule is CCCCCCCCC(CCCCc1ccc(F)cc1F)C(O)(OC(C)C)OC(C)C. The third-order valence-corrected chi connectivity index (χ3v) is 5.49. The summed E-state index contributed by atoms with van der Waals surface area (Å²) in [4.78, 5) is 0. The van der Waals surface area contributed by atoms with Crippen LogP contribution in [0.25, 0.3) is 0 Å². The molecule has 0 aromatic heterocycles. The van der Waals surface area contributed by atoms with Crippen LogP contribution in [0.2, 0.25) is 0 Å². The molecule has 0 radical (unpaired) electrons. The monoisotopic (exact) mass is 442 g/mol. The molecule has 1 rings (SSSR count). The molecule has 1 aromatic carbocycles. The van der Waals surface area contributed by atoms with Crippen LogP contribution < -0.4 is 0 Å². The van der Waals surface area contributed by atoms with Gasteiger partial charge in [0.2, 0.25) is 0 Å². The van der Waals surface area contributed by atoms with Gasteiger partial charge in [-0.1, -0.05) is 57.9 Å². The van der Waals surface area contributed by atoms with E-state index in [4.69, 9.17) is 9.47 Å². The molecule has 0 spiro atoms. The first kappa shape index (κ1) is 28.0. The normalized spacial score (nSPS) is 13.4. The lowest BCUT2D eigenvalue weighted by Crippen LogP contribution is -2.47. The highest BCUT2D eigenvalue weighted by Gasteiger charge is 2.40. The molecule has 0 aliphatic rings. The van der Waals surface area contributed by atoms with Crippen LogP contribution in [0.4, 0.5) is 8.78 Å². The quantitative estimate of drug-likeness (QED) is 0.200. The second kappa shape index (κ2) is 14.9. The number of rotatable bonds is 17. The molecule has 0 saturated heterocycles. The maximum atomic E-state index is 13.9. The van der Waals surface area contributed by atoms with Gasteiger partial charge >= 0.3 is 0 Å². The van der Waals surface area contributed by atoms with Crippen molar-refractivity contribution < 1.29 is 23.4 Å². The van der Waals surface area contributed by atoms with E-state index in [-0.39, 0.29) is 18.1 Å². The van der Waals surface area contributed by atoms with Gasteiger partial charge in [0, 0.05) is 12.0 Å². The summed E-state index contributed by atoms with van der Waals surface area (Å²) in [5.41, 5.74) is 0.529. The fourth-order valence-electron chi connectivity index (χ4n) is 4.01. The second-order valence-corrected chi connectivity index (χ2v) is 9.20. The highest BCUT2D eigenvalue weighted by molar-refractivity contribution is 5.18. The Kier molecular flexibility index (Phi) is 13.5. The van der Waals surface area contributed by atoms with Crippen molar-refractivity contribution in [3.8, 4) is 0 Å². The van der Waals surface area contributed by atoms with Crippen LogP contribution in [-0.2, 0) is 15.9 Å². The minimum absolute atomic E-state index is 0.151. The Balaban J connectivity index is 2.70. The minimum atomic E-state index is -1.62. The van der Waals surface area contributed by atoms with Crippen molar-refractivity contribution in [3.05, 3.63) is 35.4 Å². The average molecular weight is 443 g/mol.